The molecule has 1 saturated carbocycles. The first-order chi connectivity index (χ1) is 11.7. The van der Waals surface area contributed by atoms with Crippen molar-refractivity contribution in [3.63, 3.8) is 0 Å². The van der Waals surface area contributed by atoms with Gasteiger partial charge >= 0.3 is 0 Å². The molecule has 0 aromatic heterocycles. The number of nitrogens with one attached hydrogen (secondary N) is 1. The first-order valence-corrected chi connectivity index (χ1v) is 8.89. The summed E-state index contributed by atoms with van der Waals surface area (Å²) in [4.78, 5) is 12.6. The normalized spacial score (nSPS) is 16.7. The minimum atomic E-state index is -0.258. The lowest BCUT2D eigenvalue weighted by molar-refractivity contribution is -0.122. The summed E-state index contributed by atoms with van der Waals surface area (Å²) in [6.45, 7) is 0. The molecule has 2 atom stereocenters. The SMILES string of the molecule is Cl.NC(CC(=O)NC(c1ccccc1)C1CCCC1)c1ccccc1. The predicted octanol–water partition coefficient (Wildman–Crippen LogP) is 4.55. The van der Waals surface area contributed by atoms with Crippen LogP contribution >= 0.6 is 12.4 Å². The summed E-state index contributed by atoms with van der Waals surface area (Å²) in [5.41, 5.74) is 8.41. The van der Waals surface area contributed by atoms with Crippen LogP contribution in [0.5, 0.6) is 0 Å². The van der Waals surface area contributed by atoms with Crippen molar-refractivity contribution in [3.05, 3.63) is 71.8 Å². The van der Waals surface area contributed by atoms with Crippen LogP contribution in [0, 0.1) is 5.92 Å². The Labute approximate surface area is 156 Å². The number of rotatable bonds is 6. The summed E-state index contributed by atoms with van der Waals surface area (Å²) in [6.07, 6.45) is 5.20. The second-order valence-corrected chi connectivity index (χ2v) is 6.72. The van der Waals surface area contributed by atoms with Gasteiger partial charge in [-0.2, -0.15) is 0 Å². The van der Waals surface area contributed by atoms with E-state index in [1.807, 2.05) is 48.5 Å². The number of halogens is 1. The average Bonchev–Trinajstić information content (AvgIpc) is 3.15. The molecule has 0 spiro atoms. The molecular weight excluding hydrogens is 332 g/mol. The molecule has 2 aromatic rings. The van der Waals surface area contributed by atoms with E-state index in [0.29, 0.717) is 12.3 Å². The van der Waals surface area contributed by atoms with Crippen LogP contribution in [0.4, 0.5) is 0 Å². The van der Waals surface area contributed by atoms with Crippen molar-refractivity contribution in [2.75, 3.05) is 0 Å². The van der Waals surface area contributed by atoms with Crippen LogP contribution in [-0.2, 0) is 4.79 Å². The van der Waals surface area contributed by atoms with E-state index in [-0.39, 0.29) is 30.4 Å². The van der Waals surface area contributed by atoms with Gasteiger partial charge in [0.25, 0.3) is 0 Å². The van der Waals surface area contributed by atoms with E-state index in [1.54, 1.807) is 0 Å². The minimum absolute atomic E-state index is 0. The summed E-state index contributed by atoms with van der Waals surface area (Å²) >= 11 is 0. The zero-order valence-corrected chi connectivity index (χ0v) is 15.3. The summed E-state index contributed by atoms with van der Waals surface area (Å²) in [7, 11) is 0. The molecule has 2 aromatic carbocycles. The van der Waals surface area contributed by atoms with Crippen molar-refractivity contribution in [3.8, 4) is 0 Å². The zero-order chi connectivity index (χ0) is 16.8. The van der Waals surface area contributed by atoms with Gasteiger partial charge in [-0.05, 0) is 29.9 Å². The highest BCUT2D eigenvalue weighted by Gasteiger charge is 2.28. The Bertz CT molecular complexity index is 641. The molecule has 0 bridgehead atoms. The van der Waals surface area contributed by atoms with Crippen LogP contribution in [0.3, 0.4) is 0 Å². The smallest absolute Gasteiger partial charge is 0.222 e. The Morgan fingerprint density at radius 3 is 2.04 bits per heavy atom. The summed E-state index contributed by atoms with van der Waals surface area (Å²) < 4.78 is 0. The van der Waals surface area contributed by atoms with Crippen molar-refractivity contribution < 1.29 is 4.79 Å². The Hall–Kier alpha value is -1.84. The summed E-state index contributed by atoms with van der Waals surface area (Å²) in [5.74, 6) is 0.566. The molecule has 2 unspecified atom stereocenters. The third-order valence-electron chi connectivity index (χ3n) is 4.98. The van der Waals surface area contributed by atoms with Crippen molar-refractivity contribution in [2.45, 2.75) is 44.2 Å². The van der Waals surface area contributed by atoms with E-state index in [9.17, 15) is 4.79 Å². The van der Waals surface area contributed by atoms with Crippen LogP contribution in [0.2, 0.25) is 0 Å². The number of hydrogen-bond acceptors (Lipinski definition) is 2. The minimum Gasteiger partial charge on any atom is -0.349 e. The van der Waals surface area contributed by atoms with Gasteiger partial charge in [-0.15, -0.1) is 12.4 Å². The number of benzene rings is 2. The number of hydrogen-bond donors (Lipinski definition) is 2. The second-order valence-electron chi connectivity index (χ2n) is 6.72. The molecule has 25 heavy (non-hydrogen) atoms. The molecule has 134 valence electrons. The van der Waals surface area contributed by atoms with Crippen molar-refractivity contribution in [1.29, 1.82) is 0 Å². The molecule has 0 aliphatic heterocycles. The van der Waals surface area contributed by atoms with Gasteiger partial charge in [-0.1, -0.05) is 73.5 Å². The number of carbonyl (C=O) groups excluding carboxylic acids is 1. The van der Waals surface area contributed by atoms with Crippen LogP contribution in [0.15, 0.2) is 60.7 Å². The Kier molecular flexibility index (Phi) is 7.48. The fraction of sp³-hybridized carbons (Fsp3) is 0.381. The summed E-state index contributed by atoms with van der Waals surface area (Å²) in [5, 5.41) is 3.26. The Balaban J connectivity index is 0.00000225. The van der Waals surface area contributed by atoms with Crippen LogP contribution in [-0.4, -0.2) is 5.91 Å². The first kappa shape index (κ1) is 19.5. The lowest BCUT2D eigenvalue weighted by Gasteiger charge is -2.26. The molecule has 4 heteroatoms. The zero-order valence-electron chi connectivity index (χ0n) is 14.4. The number of amides is 1. The van der Waals surface area contributed by atoms with Gasteiger partial charge in [0.05, 0.1) is 6.04 Å². The quantitative estimate of drug-likeness (QED) is 0.796. The molecule has 1 amide bonds. The molecule has 3 rings (SSSR count). The van der Waals surface area contributed by atoms with Crippen LogP contribution in [0.1, 0.15) is 55.3 Å². The molecular formula is C21H27ClN2O. The van der Waals surface area contributed by atoms with Gasteiger partial charge in [0.1, 0.15) is 0 Å². The van der Waals surface area contributed by atoms with Crippen LogP contribution in [0.25, 0.3) is 0 Å². The van der Waals surface area contributed by atoms with Gasteiger partial charge in [0.15, 0.2) is 0 Å². The third-order valence-corrected chi connectivity index (χ3v) is 4.98. The lowest BCUT2D eigenvalue weighted by atomic mass is 9.91. The van der Waals surface area contributed by atoms with E-state index >= 15 is 0 Å². The monoisotopic (exact) mass is 358 g/mol. The Morgan fingerprint density at radius 1 is 0.960 bits per heavy atom. The van der Waals surface area contributed by atoms with E-state index in [2.05, 4.69) is 17.4 Å². The highest BCUT2D eigenvalue weighted by molar-refractivity contribution is 5.85. The maximum atomic E-state index is 12.6. The lowest BCUT2D eigenvalue weighted by Crippen LogP contribution is -2.34. The predicted molar refractivity (Wildman–Crippen MR) is 105 cm³/mol. The maximum absolute atomic E-state index is 12.6. The number of carbonyl (C=O) groups is 1. The van der Waals surface area contributed by atoms with E-state index in [1.165, 1.54) is 31.2 Å². The molecule has 3 nitrogen and oxygen atoms in total. The van der Waals surface area contributed by atoms with E-state index in [4.69, 9.17) is 5.73 Å². The Morgan fingerprint density at radius 2 is 1.48 bits per heavy atom. The average molecular weight is 359 g/mol. The van der Waals surface area contributed by atoms with Gasteiger partial charge < -0.3 is 11.1 Å². The van der Waals surface area contributed by atoms with Gasteiger partial charge in [0, 0.05) is 12.5 Å². The van der Waals surface area contributed by atoms with Crippen LogP contribution < -0.4 is 11.1 Å². The first-order valence-electron chi connectivity index (χ1n) is 8.89. The molecule has 1 fully saturated rings. The summed E-state index contributed by atoms with van der Waals surface area (Å²) in [6, 6.07) is 20.0. The largest absolute Gasteiger partial charge is 0.349 e. The standard InChI is InChI=1S/C21H26N2O.ClH/c22-19(16-9-3-1-4-10-16)15-20(24)23-21(18-13-7-8-14-18)17-11-5-2-6-12-17;/h1-6,9-12,18-19,21H,7-8,13-15,22H2,(H,23,24);1H. The molecule has 0 saturated heterocycles. The van der Waals surface area contributed by atoms with Gasteiger partial charge in [-0.3, -0.25) is 4.79 Å². The highest BCUT2D eigenvalue weighted by Crippen LogP contribution is 2.35. The second kappa shape index (κ2) is 9.59. The molecule has 3 N–H and O–H groups in total. The van der Waals surface area contributed by atoms with Crippen molar-refractivity contribution in [1.82, 2.24) is 5.32 Å². The van der Waals surface area contributed by atoms with E-state index in [0.717, 1.165) is 5.56 Å². The molecule has 0 heterocycles. The van der Waals surface area contributed by atoms with Crippen molar-refractivity contribution >= 4 is 18.3 Å². The molecule has 1 aliphatic rings. The van der Waals surface area contributed by atoms with Crippen molar-refractivity contribution in [2.24, 2.45) is 11.7 Å². The fourth-order valence-corrected chi connectivity index (χ4v) is 3.67. The molecule has 1 aliphatic carbocycles. The number of nitrogens with two attached hydrogens (primary N) is 1. The highest BCUT2D eigenvalue weighted by atomic mass is 35.5. The topological polar surface area (TPSA) is 55.1 Å². The third kappa shape index (κ3) is 5.32. The van der Waals surface area contributed by atoms with Gasteiger partial charge in [0.2, 0.25) is 5.91 Å². The molecule has 0 radical (unpaired) electrons. The van der Waals surface area contributed by atoms with E-state index < -0.39 is 0 Å². The fourth-order valence-electron chi connectivity index (χ4n) is 3.67. The maximum Gasteiger partial charge on any atom is 0.222 e. The van der Waals surface area contributed by atoms with Gasteiger partial charge in [-0.25, -0.2) is 0 Å².